The highest BCUT2D eigenvalue weighted by atomic mass is 32.2. The second kappa shape index (κ2) is 6.33. The van der Waals surface area contributed by atoms with Crippen LogP contribution in [0.5, 0.6) is 5.75 Å². The molecular weight excluding hydrogens is 328 g/mol. The molecule has 2 heterocycles. The van der Waals surface area contributed by atoms with Crippen molar-refractivity contribution >= 4 is 23.1 Å². The summed E-state index contributed by atoms with van der Waals surface area (Å²) in [5, 5.41) is 11.2. The molecule has 5 nitrogen and oxygen atoms in total. The Labute approximate surface area is 142 Å². The highest BCUT2D eigenvalue weighted by Crippen LogP contribution is 2.38. The Kier molecular flexibility index (Phi) is 4.05. The minimum absolute atomic E-state index is 0.607. The zero-order valence-electron chi connectivity index (χ0n) is 12.7. The third kappa shape index (κ3) is 3.40. The van der Waals surface area contributed by atoms with Gasteiger partial charge in [0.15, 0.2) is 0 Å². The number of nitrogens with one attached hydrogen (secondary N) is 1. The number of methoxy groups -OCH3 is 1. The van der Waals surface area contributed by atoms with Crippen molar-refractivity contribution in [3.8, 4) is 16.3 Å². The summed E-state index contributed by atoms with van der Waals surface area (Å²) in [6.07, 6.45) is 2.46. The van der Waals surface area contributed by atoms with Crippen LogP contribution in [-0.2, 0) is 5.75 Å². The molecular formula is C16H16N4OS2. The van der Waals surface area contributed by atoms with Crippen LogP contribution in [0.1, 0.15) is 30.3 Å². The molecule has 1 fully saturated rings. The van der Waals surface area contributed by atoms with Crippen LogP contribution in [0.15, 0.2) is 34.8 Å². The van der Waals surface area contributed by atoms with Gasteiger partial charge in [0.1, 0.15) is 16.6 Å². The average molecular weight is 344 g/mol. The molecule has 1 aromatic carbocycles. The fourth-order valence-electron chi connectivity index (χ4n) is 2.26. The summed E-state index contributed by atoms with van der Waals surface area (Å²) >= 11 is 3.27. The summed E-state index contributed by atoms with van der Waals surface area (Å²) in [5.41, 5.74) is 2.13. The first kappa shape index (κ1) is 14.7. The number of thioether (sulfide) groups is 1. The van der Waals surface area contributed by atoms with Crippen LogP contribution >= 0.6 is 23.1 Å². The Morgan fingerprint density at radius 1 is 1.35 bits per heavy atom. The third-order valence-electron chi connectivity index (χ3n) is 3.66. The van der Waals surface area contributed by atoms with Crippen molar-refractivity contribution in [2.75, 3.05) is 7.11 Å². The quantitative estimate of drug-likeness (QED) is 0.682. The number of nitrogens with zero attached hydrogens (tertiary/aromatic N) is 3. The second-order valence-corrected chi connectivity index (χ2v) is 7.24. The Balaban J connectivity index is 1.42. The van der Waals surface area contributed by atoms with Gasteiger partial charge in [-0.05, 0) is 25.0 Å². The number of aromatic amines is 1. The molecule has 1 aliphatic rings. The topological polar surface area (TPSA) is 63.7 Å². The number of benzene rings is 1. The maximum absolute atomic E-state index is 5.27. The zero-order valence-corrected chi connectivity index (χ0v) is 14.3. The lowest BCUT2D eigenvalue weighted by Crippen LogP contribution is -1.85. The molecule has 0 radical (unpaired) electrons. The molecule has 118 valence electrons. The van der Waals surface area contributed by atoms with E-state index in [1.807, 2.05) is 18.2 Å². The van der Waals surface area contributed by atoms with E-state index in [0.717, 1.165) is 38.7 Å². The highest BCUT2D eigenvalue weighted by Gasteiger charge is 2.27. The number of hydrogen-bond acceptors (Lipinski definition) is 6. The maximum atomic E-state index is 5.27. The average Bonchev–Trinajstić information content (AvgIpc) is 3.15. The fraction of sp³-hybridized carbons (Fsp3) is 0.312. The van der Waals surface area contributed by atoms with E-state index in [0.29, 0.717) is 5.92 Å². The molecule has 0 bridgehead atoms. The highest BCUT2D eigenvalue weighted by molar-refractivity contribution is 7.98. The van der Waals surface area contributed by atoms with E-state index in [1.54, 1.807) is 30.2 Å². The molecule has 0 amide bonds. The summed E-state index contributed by atoms with van der Waals surface area (Å²) in [7, 11) is 1.68. The lowest BCUT2D eigenvalue weighted by molar-refractivity contribution is 0.415. The predicted octanol–water partition coefficient (Wildman–Crippen LogP) is 4.11. The fourth-order valence-corrected chi connectivity index (χ4v) is 3.88. The first-order chi connectivity index (χ1) is 11.3. The lowest BCUT2D eigenvalue weighted by atomic mass is 10.2. The van der Waals surface area contributed by atoms with Crippen LogP contribution in [-0.4, -0.2) is 27.3 Å². The third-order valence-corrected chi connectivity index (χ3v) is 5.48. The first-order valence-corrected chi connectivity index (χ1v) is 9.32. The zero-order chi connectivity index (χ0) is 15.6. The van der Waals surface area contributed by atoms with Crippen molar-refractivity contribution in [1.29, 1.82) is 0 Å². The number of rotatable bonds is 6. The van der Waals surface area contributed by atoms with Crippen molar-refractivity contribution < 1.29 is 4.74 Å². The van der Waals surface area contributed by atoms with Crippen molar-refractivity contribution in [1.82, 2.24) is 20.2 Å². The van der Waals surface area contributed by atoms with Gasteiger partial charge in [0.2, 0.25) is 5.16 Å². The normalized spacial score (nSPS) is 14.1. The lowest BCUT2D eigenvalue weighted by Gasteiger charge is -2.01. The number of ether oxygens (including phenoxy) is 1. The van der Waals surface area contributed by atoms with Gasteiger partial charge in [-0.3, -0.25) is 5.10 Å². The summed E-state index contributed by atoms with van der Waals surface area (Å²) in [4.78, 5) is 9.23. The van der Waals surface area contributed by atoms with Crippen LogP contribution in [0.3, 0.4) is 0 Å². The van der Waals surface area contributed by atoms with E-state index in [2.05, 4.69) is 26.6 Å². The minimum atomic E-state index is 0.607. The van der Waals surface area contributed by atoms with Gasteiger partial charge in [-0.25, -0.2) is 9.97 Å². The molecule has 0 spiro atoms. The molecule has 3 aromatic rings. The number of thiazole rings is 1. The van der Waals surface area contributed by atoms with Gasteiger partial charge in [-0.1, -0.05) is 23.9 Å². The van der Waals surface area contributed by atoms with Crippen molar-refractivity contribution in [2.24, 2.45) is 0 Å². The van der Waals surface area contributed by atoms with Gasteiger partial charge in [-0.2, -0.15) is 0 Å². The SMILES string of the molecule is COc1cccc(-c2nc(CSc3n[nH]c(C4CC4)n3)cs2)c1. The van der Waals surface area contributed by atoms with Crippen LogP contribution in [0.2, 0.25) is 0 Å². The van der Waals surface area contributed by atoms with Crippen LogP contribution in [0, 0.1) is 0 Å². The maximum Gasteiger partial charge on any atom is 0.208 e. The Hall–Kier alpha value is -1.86. The van der Waals surface area contributed by atoms with Gasteiger partial charge in [0.05, 0.1) is 12.8 Å². The molecule has 23 heavy (non-hydrogen) atoms. The van der Waals surface area contributed by atoms with E-state index in [9.17, 15) is 0 Å². The van der Waals surface area contributed by atoms with Gasteiger partial charge >= 0.3 is 0 Å². The van der Waals surface area contributed by atoms with E-state index in [1.165, 1.54) is 12.8 Å². The van der Waals surface area contributed by atoms with Crippen molar-refractivity contribution in [2.45, 2.75) is 29.7 Å². The Morgan fingerprint density at radius 3 is 3.09 bits per heavy atom. The van der Waals surface area contributed by atoms with Gasteiger partial charge < -0.3 is 4.74 Å². The molecule has 0 atom stereocenters. The summed E-state index contributed by atoms with van der Waals surface area (Å²) in [6, 6.07) is 7.98. The summed E-state index contributed by atoms with van der Waals surface area (Å²) in [6.45, 7) is 0. The Morgan fingerprint density at radius 2 is 2.26 bits per heavy atom. The number of hydrogen-bond donors (Lipinski definition) is 1. The predicted molar refractivity (Wildman–Crippen MR) is 92.0 cm³/mol. The van der Waals surface area contributed by atoms with E-state index in [-0.39, 0.29) is 0 Å². The monoisotopic (exact) mass is 344 g/mol. The molecule has 0 aliphatic heterocycles. The standard InChI is InChI=1S/C16H16N4OS2/c1-21-13-4-2-3-11(7-13)15-17-12(8-22-15)9-23-16-18-14(19-20-16)10-5-6-10/h2-4,7-8,10H,5-6,9H2,1H3,(H,18,19,20). The molecule has 1 aliphatic carbocycles. The molecule has 7 heteroatoms. The summed E-state index contributed by atoms with van der Waals surface area (Å²) < 4.78 is 5.27. The van der Waals surface area contributed by atoms with E-state index < -0.39 is 0 Å². The molecule has 0 unspecified atom stereocenters. The van der Waals surface area contributed by atoms with Gasteiger partial charge in [0.25, 0.3) is 0 Å². The number of H-pyrrole nitrogens is 1. The molecule has 1 saturated carbocycles. The smallest absolute Gasteiger partial charge is 0.208 e. The molecule has 0 saturated heterocycles. The van der Waals surface area contributed by atoms with E-state index >= 15 is 0 Å². The van der Waals surface area contributed by atoms with Gasteiger partial charge in [-0.15, -0.1) is 16.4 Å². The molecule has 4 rings (SSSR count). The van der Waals surface area contributed by atoms with E-state index in [4.69, 9.17) is 9.72 Å². The molecule has 2 aromatic heterocycles. The van der Waals surface area contributed by atoms with Gasteiger partial charge in [0, 0.05) is 22.6 Å². The summed E-state index contributed by atoms with van der Waals surface area (Å²) in [5.74, 6) is 3.27. The molecule has 1 N–H and O–H groups in total. The number of aromatic nitrogens is 4. The Bertz CT molecular complexity index is 810. The van der Waals surface area contributed by atoms with Crippen LogP contribution in [0.4, 0.5) is 0 Å². The minimum Gasteiger partial charge on any atom is -0.497 e. The van der Waals surface area contributed by atoms with Crippen molar-refractivity contribution in [3.05, 3.63) is 41.2 Å². The largest absolute Gasteiger partial charge is 0.497 e. The second-order valence-electron chi connectivity index (χ2n) is 5.44. The first-order valence-electron chi connectivity index (χ1n) is 7.46. The van der Waals surface area contributed by atoms with Crippen LogP contribution < -0.4 is 4.74 Å². The van der Waals surface area contributed by atoms with Crippen LogP contribution in [0.25, 0.3) is 10.6 Å². The van der Waals surface area contributed by atoms with Crippen molar-refractivity contribution in [3.63, 3.8) is 0 Å².